The van der Waals surface area contributed by atoms with Gasteiger partial charge in [0.05, 0.1) is 30.0 Å². The van der Waals surface area contributed by atoms with Gasteiger partial charge in [-0.15, -0.1) is 0 Å². The average Bonchev–Trinajstić information content (AvgIpc) is 3.01. The second-order valence-electron chi connectivity index (χ2n) is 7.81. The lowest BCUT2D eigenvalue weighted by atomic mass is 9.97. The number of amides is 1. The van der Waals surface area contributed by atoms with Gasteiger partial charge in [0.15, 0.2) is 0 Å². The molecule has 6 heteroatoms. The number of nitrogens with one attached hydrogen (secondary N) is 2. The number of hydrogen-bond acceptors (Lipinski definition) is 3. The summed E-state index contributed by atoms with van der Waals surface area (Å²) in [7, 11) is 0. The number of anilines is 1. The van der Waals surface area contributed by atoms with Gasteiger partial charge in [0.2, 0.25) is 5.91 Å². The molecule has 144 valence electrons. The van der Waals surface area contributed by atoms with Gasteiger partial charge in [0.25, 0.3) is 0 Å². The van der Waals surface area contributed by atoms with Crippen LogP contribution in [0.25, 0.3) is 0 Å². The van der Waals surface area contributed by atoms with E-state index in [0.29, 0.717) is 12.2 Å². The zero-order chi connectivity index (χ0) is 19.7. The molecule has 0 fully saturated rings. The van der Waals surface area contributed by atoms with E-state index in [9.17, 15) is 14.7 Å². The first-order valence-electron chi connectivity index (χ1n) is 9.37. The van der Waals surface area contributed by atoms with E-state index in [-0.39, 0.29) is 35.5 Å². The molecule has 0 saturated heterocycles. The summed E-state index contributed by atoms with van der Waals surface area (Å²) in [5, 5.41) is 12.9. The van der Waals surface area contributed by atoms with Gasteiger partial charge >= 0.3 is 5.97 Å². The maximum absolute atomic E-state index is 13.4. The van der Waals surface area contributed by atoms with Crippen LogP contribution in [0.2, 0.25) is 0 Å². The Morgan fingerprint density at radius 3 is 2.30 bits per heavy atom. The number of fused-ring (bicyclic) bond motifs is 1. The summed E-state index contributed by atoms with van der Waals surface area (Å²) in [4.78, 5) is 29.7. The van der Waals surface area contributed by atoms with Crippen molar-refractivity contribution >= 4 is 17.6 Å². The maximum Gasteiger partial charge on any atom is 0.352 e. The first-order valence-corrected chi connectivity index (χ1v) is 9.37. The highest BCUT2D eigenvalue weighted by Gasteiger charge is 2.38. The number of nitrogens with zero attached hydrogens (tertiary/aromatic N) is 1. The van der Waals surface area contributed by atoms with Crippen molar-refractivity contribution in [3.05, 3.63) is 53.3 Å². The van der Waals surface area contributed by atoms with E-state index in [2.05, 4.69) is 24.1 Å². The summed E-state index contributed by atoms with van der Waals surface area (Å²) in [6.07, 6.45) is 0. The molecule has 1 aliphatic heterocycles. The number of hydrogen-bond donors (Lipinski definition) is 3. The predicted molar refractivity (Wildman–Crippen MR) is 105 cm³/mol. The first kappa shape index (κ1) is 19.2. The molecule has 0 aliphatic carbocycles. The van der Waals surface area contributed by atoms with Crippen molar-refractivity contribution in [1.82, 2.24) is 10.3 Å². The molecular formula is C21H27N3O3. The molecule has 1 aromatic heterocycles. The Kier molecular flexibility index (Phi) is 5.37. The van der Waals surface area contributed by atoms with Gasteiger partial charge in [0, 0.05) is 0 Å². The van der Waals surface area contributed by atoms with E-state index < -0.39 is 5.97 Å². The molecule has 1 aliphatic rings. The van der Waals surface area contributed by atoms with Crippen LogP contribution in [0.15, 0.2) is 36.4 Å². The summed E-state index contributed by atoms with van der Waals surface area (Å²) < 4.78 is 0. The molecule has 1 aromatic carbocycles. The molecular weight excluding hydrogens is 342 g/mol. The second-order valence-corrected chi connectivity index (χ2v) is 7.81. The normalized spacial score (nSPS) is 20.1. The molecule has 0 radical (unpaired) electrons. The summed E-state index contributed by atoms with van der Waals surface area (Å²) in [5.74, 6) is -0.762. The van der Waals surface area contributed by atoms with Crippen LogP contribution in [-0.4, -0.2) is 28.0 Å². The number of rotatable bonds is 5. The molecule has 3 N–H and O–H groups in total. The Bertz CT molecular complexity index is 826. The number of aromatic amines is 1. The number of aromatic carboxylic acids is 1. The smallest absolute Gasteiger partial charge is 0.352 e. The van der Waals surface area contributed by atoms with Gasteiger partial charge in [-0.25, -0.2) is 4.79 Å². The molecule has 0 saturated carbocycles. The van der Waals surface area contributed by atoms with E-state index in [1.807, 2.05) is 44.2 Å². The third kappa shape index (κ3) is 3.76. The lowest BCUT2D eigenvalue weighted by Gasteiger charge is -2.28. The Morgan fingerprint density at radius 1 is 1.11 bits per heavy atom. The second kappa shape index (κ2) is 7.56. The van der Waals surface area contributed by atoms with Crippen molar-refractivity contribution in [2.45, 2.75) is 46.3 Å². The van der Waals surface area contributed by atoms with E-state index >= 15 is 0 Å². The van der Waals surface area contributed by atoms with Crippen molar-refractivity contribution < 1.29 is 14.7 Å². The van der Waals surface area contributed by atoms with E-state index in [0.717, 1.165) is 11.3 Å². The first-order chi connectivity index (χ1) is 12.8. The summed E-state index contributed by atoms with van der Waals surface area (Å²) in [6.45, 7) is 8.58. The minimum absolute atomic E-state index is 0.0332. The molecule has 6 nitrogen and oxygen atoms in total. The van der Waals surface area contributed by atoms with Crippen molar-refractivity contribution in [2.75, 3.05) is 4.90 Å². The Hall–Kier alpha value is -2.60. The monoisotopic (exact) mass is 369 g/mol. The number of aromatic nitrogens is 1. The van der Waals surface area contributed by atoms with Crippen LogP contribution in [-0.2, 0) is 11.3 Å². The van der Waals surface area contributed by atoms with Gasteiger partial charge in [-0.1, -0.05) is 58.0 Å². The number of carbonyl (C=O) groups excluding carboxylic acids is 1. The zero-order valence-electron chi connectivity index (χ0n) is 16.2. The summed E-state index contributed by atoms with van der Waals surface area (Å²) in [5.41, 5.74) is 2.51. The molecule has 2 aromatic rings. The third-order valence-electron chi connectivity index (χ3n) is 5.07. The lowest BCUT2D eigenvalue weighted by Crippen LogP contribution is -2.48. The molecule has 2 heterocycles. The van der Waals surface area contributed by atoms with E-state index in [4.69, 9.17) is 0 Å². The minimum Gasteiger partial charge on any atom is -0.477 e. The molecule has 2 atom stereocenters. The number of carboxylic acids is 1. The van der Waals surface area contributed by atoms with Gasteiger partial charge in [0.1, 0.15) is 5.69 Å². The topological polar surface area (TPSA) is 85.4 Å². The molecule has 0 bridgehead atoms. The maximum atomic E-state index is 13.4. The lowest BCUT2D eigenvalue weighted by molar-refractivity contribution is -0.121. The van der Waals surface area contributed by atoms with Crippen LogP contribution >= 0.6 is 0 Å². The number of H-pyrrole nitrogens is 1. The van der Waals surface area contributed by atoms with Crippen LogP contribution in [0.3, 0.4) is 0 Å². The van der Waals surface area contributed by atoms with Crippen LogP contribution in [0, 0.1) is 11.8 Å². The van der Waals surface area contributed by atoms with Crippen LogP contribution in [0.1, 0.15) is 55.5 Å². The Labute approximate surface area is 159 Å². The van der Waals surface area contributed by atoms with E-state index in [1.165, 1.54) is 0 Å². The summed E-state index contributed by atoms with van der Waals surface area (Å²) >= 11 is 0. The quantitative estimate of drug-likeness (QED) is 0.752. The SMILES string of the molecule is CC(C)[C@@H]1N[C@@H](C(C)C)c2[nH]c(C(=O)O)cc2N(Cc2ccccc2)C1=O. The third-order valence-corrected chi connectivity index (χ3v) is 5.07. The van der Waals surface area contributed by atoms with Gasteiger partial charge < -0.3 is 15.0 Å². The largest absolute Gasteiger partial charge is 0.477 e. The van der Waals surface area contributed by atoms with Crippen molar-refractivity contribution in [2.24, 2.45) is 11.8 Å². The highest BCUT2D eigenvalue weighted by atomic mass is 16.4. The van der Waals surface area contributed by atoms with Crippen LogP contribution in [0.5, 0.6) is 0 Å². The van der Waals surface area contributed by atoms with Gasteiger partial charge in [-0.2, -0.15) is 0 Å². The fraction of sp³-hybridized carbons (Fsp3) is 0.429. The van der Waals surface area contributed by atoms with Crippen LogP contribution in [0.4, 0.5) is 5.69 Å². The highest BCUT2D eigenvalue weighted by Crippen LogP contribution is 2.36. The summed E-state index contributed by atoms with van der Waals surface area (Å²) in [6, 6.07) is 10.9. The number of carboxylic acid groups (broad SMARTS) is 1. The standard InChI is InChI=1S/C21H27N3O3/c1-12(2)17-19-16(10-15(22-19)21(26)27)24(11-14-8-6-5-7-9-14)20(25)18(23-17)13(3)4/h5-10,12-13,17-18,22-23H,11H2,1-4H3,(H,26,27)/t17-,18-/m0/s1. The van der Waals surface area contributed by atoms with Crippen molar-refractivity contribution in [1.29, 1.82) is 0 Å². The van der Waals surface area contributed by atoms with E-state index in [1.54, 1.807) is 11.0 Å². The Balaban J connectivity index is 2.13. The van der Waals surface area contributed by atoms with Gasteiger partial charge in [-0.05, 0) is 23.5 Å². The fourth-order valence-electron chi connectivity index (χ4n) is 3.60. The van der Waals surface area contributed by atoms with Crippen molar-refractivity contribution in [3.8, 4) is 0 Å². The van der Waals surface area contributed by atoms with Gasteiger partial charge in [-0.3, -0.25) is 10.1 Å². The minimum atomic E-state index is -1.03. The number of carbonyl (C=O) groups is 2. The number of benzene rings is 1. The van der Waals surface area contributed by atoms with Crippen molar-refractivity contribution in [3.63, 3.8) is 0 Å². The van der Waals surface area contributed by atoms with Crippen LogP contribution < -0.4 is 10.2 Å². The fourth-order valence-corrected chi connectivity index (χ4v) is 3.60. The molecule has 1 amide bonds. The zero-order valence-corrected chi connectivity index (χ0v) is 16.2. The Morgan fingerprint density at radius 2 is 1.74 bits per heavy atom. The molecule has 3 rings (SSSR count). The highest BCUT2D eigenvalue weighted by molar-refractivity contribution is 6.00. The molecule has 0 unspecified atom stereocenters. The average molecular weight is 369 g/mol. The molecule has 27 heavy (non-hydrogen) atoms. The molecule has 0 spiro atoms. The predicted octanol–water partition coefficient (Wildman–Crippen LogP) is 3.57.